The number of carbonyl (C=O) groups is 1. The van der Waals surface area contributed by atoms with Crippen molar-refractivity contribution in [2.24, 2.45) is 11.8 Å². The molecule has 3 fully saturated rings. The van der Waals surface area contributed by atoms with Crippen LogP contribution in [0, 0.1) is 11.8 Å². The van der Waals surface area contributed by atoms with E-state index in [1.807, 2.05) is 0 Å². The molecule has 0 aromatic carbocycles. The van der Waals surface area contributed by atoms with Gasteiger partial charge in [-0.2, -0.15) is 9.78 Å². The van der Waals surface area contributed by atoms with Crippen molar-refractivity contribution in [3.63, 3.8) is 0 Å². The molecule has 1 heterocycles. The van der Waals surface area contributed by atoms with Crippen LogP contribution in [0.15, 0.2) is 0 Å². The Balaban J connectivity index is 1.79. The minimum Gasteiger partial charge on any atom is -0.299 e. The molecular weight excluding hydrogens is 232 g/mol. The topological polar surface area (TPSA) is 44.8 Å². The Bertz CT molecular complexity index is 311. The minimum atomic E-state index is -0.610. The number of Topliss-reactive ketones (excluding diaryl/α,β-unsaturated/α-hetero) is 1. The Kier molecular flexibility index (Phi) is 3.68. The first-order chi connectivity index (χ1) is 8.82. The molecule has 0 radical (unpaired) electrons. The first-order valence-electron chi connectivity index (χ1n) is 7.38. The van der Waals surface area contributed by atoms with Gasteiger partial charge in [-0.3, -0.25) is 4.79 Å². The first kappa shape index (κ1) is 12.6. The fourth-order valence-corrected chi connectivity index (χ4v) is 3.77. The number of hydrogen-bond donors (Lipinski definition) is 0. The fourth-order valence-electron chi connectivity index (χ4n) is 3.77. The Labute approximate surface area is 108 Å². The minimum absolute atomic E-state index is 0.120. The molecule has 0 bridgehead atoms. The van der Waals surface area contributed by atoms with Crippen molar-refractivity contribution in [1.82, 2.24) is 0 Å². The van der Waals surface area contributed by atoms with Crippen molar-refractivity contribution >= 4 is 5.78 Å². The van der Waals surface area contributed by atoms with Gasteiger partial charge in [-0.1, -0.05) is 30.7 Å². The molecule has 0 aromatic rings. The van der Waals surface area contributed by atoms with E-state index in [0.29, 0.717) is 5.78 Å². The van der Waals surface area contributed by atoms with Crippen LogP contribution in [0.4, 0.5) is 0 Å². The number of ketones is 1. The summed E-state index contributed by atoms with van der Waals surface area (Å²) in [6.45, 7) is 0. The second kappa shape index (κ2) is 5.27. The maximum Gasteiger partial charge on any atom is 0.243 e. The second-order valence-corrected chi connectivity index (χ2v) is 5.92. The molecule has 2 atom stereocenters. The summed E-state index contributed by atoms with van der Waals surface area (Å²) in [5.74, 6) is 0.118. The Morgan fingerprint density at radius 3 is 2.50 bits per heavy atom. The zero-order valence-corrected chi connectivity index (χ0v) is 10.9. The Morgan fingerprint density at radius 2 is 1.72 bits per heavy atom. The summed E-state index contributed by atoms with van der Waals surface area (Å²) in [6.07, 6.45) is 10.5. The second-order valence-electron chi connectivity index (χ2n) is 5.92. The van der Waals surface area contributed by atoms with E-state index in [2.05, 4.69) is 5.04 Å². The number of carbonyl (C=O) groups excluding carboxylic acids is 1. The molecule has 3 rings (SSSR count). The van der Waals surface area contributed by atoms with Gasteiger partial charge >= 0.3 is 0 Å². The SMILES string of the molecule is O=C1CCCCCC1C1CCCCCC12OOO2. The zero-order valence-electron chi connectivity index (χ0n) is 10.9. The molecule has 0 N–H and O–H groups in total. The molecule has 102 valence electrons. The van der Waals surface area contributed by atoms with Crippen LogP contribution < -0.4 is 0 Å². The van der Waals surface area contributed by atoms with Gasteiger partial charge in [-0.15, -0.1) is 0 Å². The van der Waals surface area contributed by atoms with E-state index in [1.54, 1.807) is 0 Å². The van der Waals surface area contributed by atoms with E-state index in [-0.39, 0.29) is 11.8 Å². The summed E-state index contributed by atoms with van der Waals surface area (Å²) in [5, 5.41) is 4.55. The molecule has 18 heavy (non-hydrogen) atoms. The summed E-state index contributed by atoms with van der Waals surface area (Å²) in [5.41, 5.74) is 0. The Morgan fingerprint density at radius 1 is 0.944 bits per heavy atom. The monoisotopic (exact) mass is 254 g/mol. The third kappa shape index (κ3) is 2.22. The molecule has 4 heteroatoms. The van der Waals surface area contributed by atoms with Gasteiger partial charge in [-0.05, 0) is 25.7 Å². The average molecular weight is 254 g/mol. The van der Waals surface area contributed by atoms with Gasteiger partial charge in [0.2, 0.25) is 5.79 Å². The lowest BCUT2D eigenvalue weighted by molar-refractivity contribution is -0.742. The highest BCUT2D eigenvalue weighted by molar-refractivity contribution is 5.81. The average Bonchev–Trinajstić information content (AvgIpc) is 2.65. The van der Waals surface area contributed by atoms with Crippen molar-refractivity contribution in [2.75, 3.05) is 0 Å². The summed E-state index contributed by atoms with van der Waals surface area (Å²) in [6, 6.07) is 0. The van der Waals surface area contributed by atoms with Gasteiger partial charge < -0.3 is 0 Å². The molecule has 1 spiro atoms. The Hall–Kier alpha value is -0.450. The van der Waals surface area contributed by atoms with Gasteiger partial charge in [0.15, 0.2) is 0 Å². The summed E-state index contributed by atoms with van der Waals surface area (Å²) in [7, 11) is 0. The van der Waals surface area contributed by atoms with Gasteiger partial charge in [0.25, 0.3) is 0 Å². The van der Waals surface area contributed by atoms with E-state index < -0.39 is 5.79 Å². The molecule has 1 aliphatic heterocycles. The maximum atomic E-state index is 12.3. The van der Waals surface area contributed by atoms with E-state index in [4.69, 9.17) is 9.78 Å². The maximum absolute atomic E-state index is 12.3. The van der Waals surface area contributed by atoms with E-state index in [9.17, 15) is 4.79 Å². The third-order valence-electron chi connectivity index (χ3n) is 4.79. The van der Waals surface area contributed by atoms with Crippen LogP contribution >= 0.6 is 0 Å². The standard InChI is InChI=1S/C14H22O4/c15-13-9-5-1-3-7-11(13)12-8-4-2-6-10-14(12)16-18-17-14/h11-12H,1-10H2. The van der Waals surface area contributed by atoms with E-state index >= 15 is 0 Å². The highest BCUT2D eigenvalue weighted by Gasteiger charge is 2.55. The van der Waals surface area contributed by atoms with Crippen LogP contribution in [0.25, 0.3) is 0 Å². The van der Waals surface area contributed by atoms with Crippen molar-refractivity contribution in [2.45, 2.75) is 70.0 Å². The lowest BCUT2D eigenvalue weighted by atomic mass is 9.77. The molecule has 0 aromatic heterocycles. The first-order valence-corrected chi connectivity index (χ1v) is 7.38. The quantitative estimate of drug-likeness (QED) is 0.532. The van der Waals surface area contributed by atoms with Crippen LogP contribution in [0.2, 0.25) is 0 Å². The van der Waals surface area contributed by atoms with Crippen LogP contribution in [-0.4, -0.2) is 11.6 Å². The molecule has 2 unspecified atom stereocenters. The van der Waals surface area contributed by atoms with Gasteiger partial charge in [0.05, 0.1) is 0 Å². The van der Waals surface area contributed by atoms with Crippen LogP contribution in [0.1, 0.15) is 64.2 Å². The number of rotatable bonds is 1. The molecule has 0 amide bonds. The van der Waals surface area contributed by atoms with Gasteiger partial charge in [-0.25, -0.2) is 0 Å². The van der Waals surface area contributed by atoms with Crippen LogP contribution in [0.3, 0.4) is 0 Å². The zero-order chi connectivity index (χ0) is 12.4. The number of hydrogen-bond acceptors (Lipinski definition) is 4. The van der Waals surface area contributed by atoms with E-state index in [1.165, 1.54) is 19.3 Å². The molecule has 1 saturated heterocycles. The lowest BCUT2D eigenvalue weighted by Gasteiger charge is -2.44. The lowest BCUT2D eigenvalue weighted by Crippen LogP contribution is -2.54. The smallest absolute Gasteiger partial charge is 0.243 e. The van der Waals surface area contributed by atoms with Crippen molar-refractivity contribution in [3.8, 4) is 0 Å². The molecule has 2 saturated carbocycles. The van der Waals surface area contributed by atoms with Crippen LogP contribution in [-0.2, 0) is 19.6 Å². The van der Waals surface area contributed by atoms with Crippen molar-refractivity contribution in [3.05, 3.63) is 0 Å². The normalized spacial score (nSPS) is 36.8. The van der Waals surface area contributed by atoms with Gasteiger partial charge in [0, 0.05) is 24.7 Å². The third-order valence-corrected chi connectivity index (χ3v) is 4.79. The van der Waals surface area contributed by atoms with Crippen molar-refractivity contribution < 1.29 is 19.6 Å². The highest BCUT2D eigenvalue weighted by Crippen LogP contribution is 2.47. The predicted molar refractivity (Wildman–Crippen MR) is 64.1 cm³/mol. The molecule has 3 aliphatic rings. The summed E-state index contributed by atoms with van der Waals surface area (Å²) < 4.78 is 0. The molecule has 4 nitrogen and oxygen atoms in total. The fraction of sp³-hybridized carbons (Fsp3) is 0.929. The summed E-state index contributed by atoms with van der Waals surface area (Å²) in [4.78, 5) is 22.9. The van der Waals surface area contributed by atoms with Crippen molar-refractivity contribution in [1.29, 1.82) is 0 Å². The summed E-state index contributed by atoms with van der Waals surface area (Å²) >= 11 is 0. The van der Waals surface area contributed by atoms with E-state index in [0.717, 1.165) is 44.9 Å². The molecule has 2 aliphatic carbocycles. The largest absolute Gasteiger partial charge is 0.299 e. The highest BCUT2D eigenvalue weighted by atomic mass is 17.6. The predicted octanol–water partition coefficient (Wildman–Crippen LogP) is 3.31. The molecular formula is C14H22O4. The van der Waals surface area contributed by atoms with Gasteiger partial charge in [0.1, 0.15) is 5.78 Å². The van der Waals surface area contributed by atoms with Crippen LogP contribution in [0.5, 0.6) is 0 Å².